The molecule has 110 valence electrons. The van der Waals surface area contributed by atoms with E-state index in [-0.39, 0.29) is 12.5 Å². The molecule has 4 heteroatoms. The number of hydrogen-bond acceptors (Lipinski definition) is 3. The molecule has 0 aliphatic carbocycles. The minimum absolute atomic E-state index is 0.107. The zero-order valence-corrected chi connectivity index (χ0v) is 12.0. The van der Waals surface area contributed by atoms with Crippen molar-refractivity contribution >= 4 is 17.7 Å². The first-order valence-electron chi connectivity index (χ1n) is 6.90. The number of nitrogens with one attached hydrogen (secondary N) is 1. The Morgan fingerprint density at radius 2 is 2.00 bits per heavy atom. The van der Waals surface area contributed by atoms with Crippen LogP contribution < -0.4 is 5.32 Å². The molecule has 22 heavy (non-hydrogen) atoms. The molecule has 0 unspecified atom stereocenters. The minimum Gasteiger partial charge on any atom is -0.396 e. The third-order valence-corrected chi connectivity index (χ3v) is 3.06. The number of nitriles is 1. The van der Waals surface area contributed by atoms with Crippen molar-refractivity contribution in [3.63, 3.8) is 0 Å². The quantitative estimate of drug-likeness (QED) is 0.832. The number of aliphatic hydroxyl groups is 1. The van der Waals surface area contributed by atoms with E-state index in [1.54, 1.807) is 36.4 Å². The van der Waals surface area contributed by atoms with Gasteiger partial charge in [-0.3, -0.25) is 4.79 Å². The van der Waals surface area contributed by atoms with Crippen LogP contribution in [0.4, 0.5) is 5.69 Å². The Balaban J connectivity index is 1.97. The van der Waals surface area contributed by atoms with Gasteiger partial charge in [-0.1, -0.05) is 24.3 Å². The molecule has 0 aromatic heterocycles. The smallest absolute Gasteiger partial charge is 0.248 e. The van der Waals surface area contributed by atoms with Crippen LogP contribution in [0.25, 0.3) is 6.08 Å². The summed E-state index contributed by atoms with van der Waals surface area (Å²) < 4.78 is 0. The van der Waals surface area contributed by atoms with Gasteiger partial charge in [-0.25, -0.2) is 0 Å². The fourth-order valence-electron chi connectivity index (χ4n) is 1.95. The van der Waals surface area contributed by atoms with E-state index >= 15 is 0 Å². The van der Waals surface area contributed by atoms with Crippen LogP contribution in [0.2, 0.25) is 0 Å². The van der Waals surface area contributed by atoms with Gasteiger partial charge in [-0.15, -0.1) is 0 Å². The lowest BCUT2D eigenvalue weighted by Crippen LogP contribution is -2.07. The fourth-order valence-corrected chi connectivity index (χ4v) is 1.95. The molecule has 0 spiro atoms. The van der Waals surface area contributed by atoms with Crippen molar-refractivity contribution in [1.29, 1.82) is 5.26 Å². The van der Waals surface area contributed by atoms with Gasteiger partial charge in [0.2, 0.25) is 5.91 Å². The minimum atomic E-state index is -0.239. The van der Waals surface area contributed by atoms with Crippen molar-refractivity contribution in [1.82, 2.24) is 0 Å². The summed E-state index contributed by atoms with van der Waals surface area (Å²) in [5.74, 6) is -0.239. The highest BCUT2D eigenvalue weighted by atomic mass is 16.2. The standard InChI is InChI=1S/C18H16N2O2/c19-13-16-3-1-2-15(12-16)6-9-18(22)20-17-7-4-14(5-8-17)10-11-21/h1-9,12,21H,10-11H2,(H,20,22). The summed E-state index contributed by atoms with van der Waals surface area (Å²) in [5.41, 5.74) is 3.07. The Kier molecular flexibility index (Phi) is 5.47. The fraction of sp³-hybridized carbons (Fsp3) is 0.111. The van der Waals surface area contributed by atoms with Gasteiger partial charge in [0, 0.05) is 18.4 Å². The zero-order valence-electron chi connectivity index (χ0n) is 12.0. The normalized spacial score (nSPS) is 10.4. The maximum absolute atomic E-state index is 11.8. The van der Waals surface area contributed by atoms with Crippen molar-refractivity contribution < 1.29 is 9.90 Å². The lowest BCUT2D eigenvalue weighted by atomic mass is 10.1. The Bertz CT molecular complexity index is 713. The first kappa shape index (κ1) is 15.5. The second-order valence-corrected chi connectivity index (χ2v) is 4.73. The number of carbonyl (C=O) groups is 1. The summed E-state index contributed by atoms with van der Waals surface area (Å²) in [4.78, 5) is 11.8. The number of amides is 1. The van der Waals surface area contributed by atoms with E-state index in [9.17, 15) is 4.79 Å². The van der Waals surface area contributed by atoms with Gasteiger partial charge in [0.05, 0.1) is 11.6 Å². The Morgan fingerprint density at radius 3 is 2.68 bits per heavy atom. The van der Waals surface area contributed by atoms with Crippen LogP contribution in [-0.4, -0.2) is 17.6 Å². The van der Waals surface area contributed by atoms with Crippen LogP contribution in [-0.2, 0) is 11.2 Å². The number of benzene rings is 2. The highest BCUT2D eigenvalue weighted by Crippen LogP contribution is 2.11. The average Bonchev–Trinajstić information content (AvgIpc) is 2.55. The van der Waals surface area contributed by atoms with E-state index in [4.69, 9.17) is 10.4 Å². The van der Waals surface area contributed by atoms with Crippen LogP contribution in [0.5, 0.6) is 0 Å². The third-order valence-electron chi connectivity index (χ3n) is 3.06. The summed E-state index contributed by atoms with van der Waals surface area (Å²) >= 11 is 0. The van der Waals surface area contributed by atoms with Crippen LogP contribution >= 0.6 is 0 Å². The van der Waals surface area contributed by atoms with E-state index in [2.05, 4.69) is 11.4 Å². The van der Waals surface area contributed by atoms with E-state index in [0.29, 0.717) is 17.7 Å². The van der Waals surface area contributed by atoms with Crippen molar-refractivity contribution in [2.45, 2.75) is 6.42 Å². The van der Waals surface area contributed by atoms with Gasteiger partial charge < -0.3 is 10.4 Å². The molecule has 2 aromatic carbocycles. The van der Waals surface area contributed by atoms with Crippen LogP contribution in [0, 0.1) is 11.3 Å². The number of aliphatic hydroxyl groups excluding tert-OH is 1. The van der Waals surface area contributed by atoms with Gasteiger partial charge in [0.1, 0.15) is 0 Å². The maximum Gasteiger partial charge on any atom is 0.248 e. The first-order valence-corrected chi connectivity index (χ1v) is 6.90. The third kappa shape index (κ3) is 4.58. The zero-order chi connectivity index (χ0) is 15.8. The van der Waals surface area contributed by atoms with E-state index < -0.39 is 0 Å². The lowest BCUT2D eigenvalue weighted by molar-refractivity contribution is -0.111. The van der Waals surface area contributed by atoms with Gasteiger partial charge >= 0.3 is 0 Å². The second kappa shape index (κ2) is 7.77. The number of hydrogen-bond donors (Lipinski definition) is 2. The van der Waals surface area contributed by atoms with Crippen LogP contribution in [0.3, 0.4) is 0 Å². The summed E-state index contributed by atoms with van der Waals surface area (Å²) in [5, 5.41) is 20.4. The van der Waals surface area contributed by atoms with Crippen molar-refractivity contribution in [2.24, 2.45) is 0 Å². The number of nitrogens with zero attached hydrogens (tertiary/aromatic N) is 1. The Morgan fingerprint density at radius 1 is 1.23 bits per heavy atom. The van der Waals surface area contributed by atoms with E-state index in [1.807, 2.05) is 18.2 Å². The summed E-state index contributed by atoms with van der Waals surface area (Å²) in [6.45, 7) is 0.107. The first-order chi connectivity index (χ1) is 10.7. The highest BCUT2D eigenvalue weighted by molar-refractivity contribution is 6.01. The highest BCUT2D eigenvalue weighted by Gasteiger charge is 1.99. The molecule has 0 atom stereocenters. The predicted molar refractivity (Wildman–Crippen MR) is 86.1 cm³/mol. The topological polar surface area (TPSA) is 73.1 Å². The average molecular weight is 292 g/mol. The molecule has 0 saturated carbocycles. The molecule has 0 radical (unpaired) electrons. The van der Waals surface area contributed by atoms with Crippen molar-refractivity contribution in [3.8, 4) is 6.07 Å². The van der Waals surface area contributed by atoms with Gasteiger partial charge in [-0.05, 0) is 47.9 Å². The van der Waals surface area contributed by atoms with Crippen LogP contribution in [0.1, 0.15) is 16.7 Å². The summed E-state index contributed by atoms with van der Waals surface area (Å²) in [6, 6.07) is 16.4. The van der Waals surface area contributed by atoms with Crippen molar-refractivity contribution in [2.75, 3.05) is 11.9 Å². The monoisotopic (exact) mass is 292 g/mol. The SMILES string of the molecule is N#Cc1cccc(C=CC(=O)Nc2ccc(CCO)cc2)c1. The molecule has 0 aliphatic rings. The van der Waals surface area contributed by atoms with Gasteiger partial charge in [0.25, 0.3) is 0 Å². The number of rotatable bonds is 5. The van der Waals surface area contributed by atoms with E-state index in [1.165, 1.54) is 6.08 Å². The van der Waals surface area contributed by atoms with Crippen LogP contribution in [0.15, 0.2) is 54.6 Å². The molecule has 0 aliphatic heterocycles. The van der Waals surface area contributed by atoms with Gasteiger partial charge in [-0.2, -0.15) is 5.26 Å². The van der Waals surface area contributed by atoms with Gasteiger partial charge in [0.15, 0.2) is 0 Å². The molecule has 2 N–H and O–H groups in total. The Hall–Kier alpha value is -2.90. The second-order valence-electron chi connectivity index (χ2n) is 4.73. The molecule has 2 rings (SSSR count). The largest absolute Gasteiger partial charge is 0.396 e. The molecular formula is C18H16N2O2. The Labute approximate surface area is 129 Å². The summed E-state index contributed by atoms with van der Waals surface area (Å²) in [7, 11) is 0. The predicted octanol–water partition coefficient (Wildman–Crippen LogP) is 2.74. The van der Waals surface area contributed by atoms with E-state index in [0.717, 1.165) is 11.1 Å². The maximum atomic E-state index is 11.8. The van der Waals surface area contributed by atoms with Crippen molar-refractivity contribution in [3.05, 3.63) is 71.3 Å². The molecule has 0 saturated heterocycles. The molecule has 2 aromatic rings. The summed E-state index contributed by atoms with van der Waals surface area (Å²) in [6.07, 6.45) is 3.69. The molecule has 4 nitrogen and oxygen atoms in total. The molecule has 0 heterocycles. The number of carbonyl (C=O) groups excluding carboxylic acids is 1. The number of anilines is 1. The molecule has 0 fully saturated rings. The molecule has 0 bridgehead atoms. The molecule has 1 amide bonds. The molecular weight excluding hydrogens is 276 g/mol. The lowest BCUT2D eigenvalue weighted by Gasteiger charge is -2.03.